The van der Waals surface area contributed by atoms with Gasteiger partial charge < -0.3 is 20.1 Å². The highest BCUT2D eigenvalue weighted by Crippen LogP contribution is 2.27. The highest BCUT2D eigenvalue weighted by atomic mass is 16.5. The van der Waals surface area contributed by atoms with E-state index in [4.69, 9.17) is 4.52 Å². The number of aromatic hydroxyl groups is 2. The van der Waals surface area contributed by atoms with Gasteiger partial charge in [0.1, 0.15) is 17.8 Å². The van der Waals surface area contributed by atoms with Gasteiger partial charge in [-0.1, -0.05) is 5.16 Å². The molecule has 1 atom stereocenters. The van der Waals surface area contributed by atoms with Crippen molar-refractivity contribution >= 4 is 0 Å². The molecule has 0 spiro atoms. The van der Waals surface area contributed by atoms with Crippen LogP contribution in [0.5, 0.6) is 11.5 Å². The van der Waals surface area contributed by atoms with Gasteiger partial charge in [0.2, 0.25) is 0 Å². The zero-order valence-electron chi connectivity index (χ0n) is 9.42. The van der Waals surface area contributed by atoms with Crippen LogP contribution in [0.25, 0.3) is 0 Å². The van der Waals surface area contributed by atoms with E-state index in [2.05, 4.69) is 10.5 Å². The molecule has 0 saturated heterocycles. The molecule has 2 rings (SSSR count). The van der Waals surface area contributed by atoms with Crippen LogP contribution in [0.15, 0.2) is 35.1 Å². The molecule has 0 saturated carbocycles. The monoisotopic (exact) mass is 234 g/mol. The average Bonchev–Trinajstić information content (AvgIpc) is 2.82. The zero-order valence-corrected chi connectivity index (χ0v) is 9.42. The van der Waals surface area contributed by atoms with Crippen molar-refractivity contribution in [3.05, 3.63) is 41.8 Å². The van der Waals surface area contributed by atoms with Gasteiger partial charge in [0.25, 0.3) is 0 Å². The third kappa shape index (κ3) is 2.76. The molecule has 0 aliphatic rings. The Balaban J connectivity index is 2.04. The van der Waals surface area contributed by atoms with Crippen molar-refractivity contribution in [2.45, 2.75) is 19.5 Å². The summed E-state index contributed by atoms with van der Waals surface area (Å²) in [5.41, 5.74) is 1.44. The van der Waals surface area contributed by atoms with Crippen molar-refractivity contribution in [3.8, 4) is 11.5 Å². The van der Waals surface area contributed by atoms with Crippen molar-refractivity contribution in [3.63, 3.8) is 0 Å². The Kier molecular flexibility index (Phi) is 3.30. The summed E-state index contributed by atoms with van der Waals surface area (Å²) >= 11 is 0. The van der Waals surface area contributed by atoms with Crippen molar-refractivity contribution in [1.82, 2.24) is 10.5 Å². The van der Waals surface area contributed by atoms with Crippen molar-refractivity contribution in [1.29, 1.82) is 0 Å². The molecule has 3 N–H and O–H groups in total. The van der Waals surface area contributed by atoms with Crippen LogP contribution in [-0.2, 0) is 6.54 Å². The number of rotatable bonds is 4. The van der Waals surface area contributed by atoms with Gasteiger partial charge >= 0.3 is 0 Å². The molecule has 90 valence electrons. The summed E-state index contributed by atoms with van der Waals surface area (Å²) in [5, 5.41) is 26.0. The summed E-state index contributed by atoms with van der Waals surface area (Å²) in [4.78, 5) is 0. The Hall–Kier alpha value is -2.01. The molecule has 17 heavy (non-hydrogen) atoms. The Labute approximate surface area is 98.7 Å². The minimum Gasteiger partial charge on any atom is -0.508 e. The fourth-order valence-corrected chi connectivity index (χ4v) is 1.59. The first-order valence-corrected chi connectivity index (χ1v) is 5.31. The molecule has 0 radical (unpaired) electrons. The summed E-state index contributed by atoms with van der Waals surface area (Å²) in [6.07, 6.45) is 1.51. The minimum atomic E-state index is -0.0983. The summed E-state index contributed by atoms with van der Waals surface area (Å²) in [5.74, 6) is 0.288. The van der Waals surface area contributed by atoms with Crippen molar-refractivity contribution in [2.24, 2.45) is 0 Å². The Morgan fingerprint density at radius 2 is 2.18 bits per heavy atom. The maximum Gasteiger partial charge on any atom is 0.124 e. The van der Waals surface area contributed by atoms with E-state index in [9.17, 15) is 10.2 Å². The standard InChI is InChI=1S/C12H14N2O3/c1-8(13-7-9-4-5-17-14-9)11-6-10(15)2-3-12(11)16/h2-6,8,13,15-16H,7H2,1H3. The van der Waals surface area contributed by atoms with E-state index >= 15 is 0 Å². The van der Waals surface area contributed by atoms with Crippen molar-refractivity contribution < 1.29 is 14.7 Å². The second-order valence-corrected chi connectivity index (χ2v) is 3.84. The molecule has 5 heteroatoms. The quantitative estimate of drug-likeness (QED) is 0.704. The smallest absolute Gasteiger partial charge is 0.124 e. The van der Waals surface area contributed by atoms with Crippen LogP contribution in [0, 0.1) is 0 Å². The SMILES string of the molecule is CC(NCc1ccon1)c1cc(O)ccc1O. The summed E-state index contributed by atoms with van der Waals surface area (Å²) in [7, 11) is 0. The summed E-state index contributed by atoms with van der Waals surface area (Å²) in [6, 6.07) is 6.12. The number of phenols is 2. The van der Waals surface area contributed by atoms with Gasteiger partial charge in [-0.3, -0.25) is 0 Å². The molecule has 0 bridgehead atoms. The Bertz CT molecular complexity index is 483. The first-order valence-electron chi connectivity index (χ1n) is 5.31. The number of phenolic OH excluding ortho intramolecular Hbond substituents is 2. The van der Waals surface area contributed by atoms with Crippen LogP contribution >= 0.6 is 0 Å². The van der Waals surface area contributed by atoms with Gasteiger partial charge in [-0.2, -0.15) is 0 Å². The number of benzene rings is 1. The average molecular weight is 234 g/mol. The lowest BCUT2D eigenvalue weighted by molar-refractivity contribution is 0.404. The van der Waals surface area contributed by atoms with Gasteiger partial charge in [0.05, 0.1) is 5.69 Å². The van der Waals surface area contributed by atoms with E-state index in [1.54, 1.807) is 6.07 Å². The third-order valence-corrected chi connectivity index (χ3v) is 2.56. The van der Waals surface area contributed by atoms with E-state index in [-0.39, 0.29) is 17.5 Å². The lowest BCUT2D eigenvalue weighted by Crippen LogP contribution is -2.18. The Morgan fingerprint density at radius 1 is 1.35 bits per heavy atom. The summed E-state index contributed by atoms with van der Waals surface area (Å²) < 4.78 is 4.72. The zero-order chi connectivity index (χ0) is 12.3. The normalized spacial score (nSPS) is 12.5. The van der Waals surface area contributed by atoms with Crippen molar-refractivity contribution in [2.75, 3.05) is 0 Å². The molecule has 5 nitrogen and oxygen atoms in total. The van der Waals surface area contributed by atoms with Gasteiger partial charge in [-0.05, 0) is 25.1 Å². The number of nitrogens with zero attached hydrogens (tertiary/aromatic N) is 1. The predicted molar refractivity (Wildman–Crippen MR) is 61.5 cm³/mol. The highest BCUT2D eigenvalue weighted by Gasteiger charge is 2.11. The fourth-order valence-electron chi connectivity index (χ4n) is 1.59. The molecule has 0 aliphatic heterocycles. The maximum absolute atomic E-state index is 9.68. The van der Waals surface area contributed by atoms with E-state index in [0.717, 1.165) is 5.69 Å². The van der Waals surface area contributed by atoms with E-state index in [0.29, 0.717) is 12.1 Å². The third-order valence-electron chi connectivity index (χ3n) is 2.56. The van der Waals surface area contributed by atoms with Crippen LogP contribution in [0.1, 0.15) is 24.2 Å². The second-order valence-electron chi connectivity index (χ2n) is 3.84. The van der Waals surface area contributed by atoms with Crippen LogP contribution in [-0.4, -0.2) is 15.4 Å². The van der Waals surface area contributed by atoms with Gasteiger partial charge in [-0.15, -0.1) is 0 Å². The lowest BCUT2D eigenvalue weighted by Gasteiger charge is -2.14. The molecule has 1 aromatic heterocycles. The molecule has 1 heterocycles. The van der Waals surface area contributed by atoms with Gasteiger partial charge in [0.15, 0.2) is 0 Å². The molecule has 1 aromatic carbocycles. The molecule has 1 unspecified atom stereocenters. The second kappa shape index (κ2) is 4.88. The molecular weight excluding hydrogens is 220 g/mol. The van der Waals surface area contributed by atoms with Crippen LogP contribution in [0.4, 0.5) is 0 Å². The number of nitrogens with one attached hydrogen (secondary N) is 1. The maximum atomic E-state index is 9.68. The van der Waals surface area contributed by atoms with E-state index in [1.807, 2.05) is 6.92 Å². The largest absolute Gasteiger partial charge is 0.508 e. The number of aromatic nitrogens is 1. The molecule has 0 fully saturated rings. The fraction of sp³-hybridized carbons (Fsp3) is 0.250. The van der Waals surface area contributed by atoms with Gasteiger partial charge in [0, 0.05) is 24.2 Å². The first-order chi connectivity index (χ1) is 8.16. The molecule has 0 amide bonds. The highest BCUT2D eigenvalue weighted by molar-refractivity contribution is 5.40. The molecule has 0 aliphatic carbocycles. The van der Waals surface area contributed by atoms with E-state index < -0.39 is 0 Å². The minimum absolute atomic E-state index is 0.0983. The topological polar surface area (TPSA) is 78.5 Å². The van der Waals surface area contributed by atoms with Crippen LogP contribution in [0.3, 0.4) is 0 Å². The molecule has 2 aromatic rings. The van der Waals surface area contributed by atoms with Crippen LogP contribution in [0.2, 0.25) is 0 Å². The predicted octanol–water partition coefficient (Wildman–Crippen LogP) is 1.94. The summed E-state index contributed by atoms with van der Waals surface area (Å²) in [6.45, 7) is 2.43. The molecular formula is C12H14N2O3. The van der Waals surface area contributed by atoms with Crippen LogP contribution < -0.4 is 5.32 Å². The Morgan fingerprint density at radius 3 is 2.88 bits per heavy atom. The number of hydrogen-bond acceptors (Lipinski definition) is 5. The van der Waals surface area contributed by atoms with E-state index in [1.165, 1.54) is 24.5 Å². The number of hydrogen-bond donors (Lipinski definition) is 3. The first kappa shape index (κ1) is 11.5. The lowest BCUT2D eigenvalue weighted by atomic mass is 10.1. The van der Waals surface area contributed by atoms with Gasteiger partial charge in [-0.25, -0.2) is 0 Å².